The van der Waals surface area contributed by atoms with Crippen molar-refractivity contribution >= 4 is 22.6 Å². The van der Waals surface area contributed by atoms with Crippen LogP contribution in [0.2, 0.25) is 0 Å². The molecule has 1 aromatic carbocycles. The van der Waals surface area contributed by atoms with E-state index >= 15 is 0 Å². The minimum absolute atomic E-state index is 0.00776. The van der Waals surface area contributed by atoms with E-state index in [4.69, 9.17) is 0 Å². The fourth-order valence-electron chi connectivity index (χ4n) is 4.08. The van der Waals surface area contributed by atoms with Crippen molar-refractivity contribution in [2.45, 2.75) is 19.8 Å². The van der Waals surface area contributed by atoms with Crippen LogP contribution in [0.4, 0.5) is 0 Å². The first kappa shape index (κ1) is 17.5. The zero-order chi connectivity index (χ0) is 19.0. The Morgan fingerprint density at radius 2 is 2.00 bits per heavy atom. The lowest BCUT2D eigenvalue weighted by molar-refractivity contribution is 0.0628. The van der Waals surface area contributed by atoms with Gasteiger partial charge in [0.25, 0.3) is 5.91 Å². The molecule has 4 rings (SSSR count). The molecule has 1 fully saturated rings. The van der Waals surface area contributed by atoms with Gasteiger partial charge in [-0.25, -0.2) is 0 Å². The second-order valence-corrected chi connectivity index (χ2v) is 7.27. The number of aromatic nitrogens is 2. The number of carbonyl (C=O) groups excluding carboxylic acids is 2. The van der Waals surface area contributed by atoms with Crippen molar-refractivity contribution < 1.29 is 9.59 Å². The van der Waals surface area contributed by atoms with Crippen LogP contribution in [0.25, 0.3) is 10.9 Å². The number of Topliss-reactive ketones (excluding diaryl/α,β-unsaturated/α-hetero) is 1. The molecule has 27 heavy (non-hydrogen) atoms. The molecule has 1 atom stereocenters. The molecule has 1 saturated heterocycles. The highest BCUT2D eigenvalue weighted by molar-refractivity contribution is 6.00. The Balaban J connectivity index is 1.58. The number of pyridine rings is 1. The number of carbonyl (C=O) groups is 2. The summed E-state index contributed by atoms with van der Waals surface area (Å²) in [4.78, 5) is 31.9. The van der Waals surface area contributed by atoms with Crippen molar-refractivity contribution in [2.75, 3.05) is 13.1 Å². The monoisotopic (exact) mass is 361 g/mol. The van der Waals surface area contributed by atoms with Gasteiger partial charge in [0, 0.05) is 37.6 Å². The van der Waals surface area contributed by atoms with Gasteiger partial charge in [-0.1, -0.05) is 24.3 Å². The van der Waals surface area contributed by atoms with Gasteiger partial charge in [0.15, 0.2) is 5.78 Å². The van der Waals surface area contributed by atoms with Crippen molar-refractivity contribution in [3.05, 3.63) is 65.6 Å². The molecule has 1 amide bonds. The van der Waals surface area contributed by atoms with E-state index in [0.717, 1.165) is 29.3 Å². The summed E-state index contributed by atoms with van der Waals surface area (Å²) in [5.74, 6) is -0.165. The Kier molecular flexibility index (Phi) is 4.52. The highest BCUT2D eigenvalue weighted by Gasteiger charge is 2.31. The topological polar surface area (TPSA) is 55.2 Å². The van der Waals surface area contributed by atoms with E-state index in [1.807, 2.05) is 40.8 Å². The van der Waals surface area contributed by atoms with Gasteiger partial charge in [0.05, 0.1) is 5.52 Å². The maximum Gasteiger partial charge on any atom is 0.270 e. The predicted octanol–water partition coefficient (Wildman–Crippen LogP) is 3.62. The maximum absolute atomic E-state index is 13.2. The summed E-state index contributed by atoms with van der Waals surface area (Å²) in [6.45, 7) is 3.19. The average Bonchev–Trinajstić information content (AvgIpc) is 3.05. The van der Waals surface area contributed by atoms with Gasteiger partial charge in [-0.05, 0) is 43.5 Å². The number of amides is 1. The fourth-order valence-corrected chi connectivity index (χ4v) is 4.08. The molecule has 138 valence electrons. The number of benzene rings is 1. The third-order valence-corrected chi connectivity index (χ3v) is 5.47. The number of rotatable bonds is 3. The van der Waals surface area contributed by atoms with Crippen LogP contribution in [0, 0.1) is 12.8 Å². The third-order valence-electron chi connectivity index (χ3n) is 5.47. The molecular formula is C22H23N3O2. The normalized spacial score (nSPS) is 17.3. The molecule has 0 unspecified atom stereocenters. The van der Waals surface area contributed by atoms with E-state index in [1.54, 1.807) is 18.3 Å². The number of fused-ring (bicyclic) bond motifs is 1. The number of nitrogens with zero attached hydrogens (tertiary/aromatic N) is 3. The molecule has 3 aromatic rings. The van der Waals surface area contributed by atoms with E-state index in [1.165, 1.54) is 0 Å². The highest BCUT2D eigenvalue weighted by Crippen LogP contribution is 2.26. The second kappa shape index (κ2) is 6.99. The Morgan fingerprint density at radius 1 is 1.15 bits per heavy atom. The summed E-state index contributed by atoms with van der Waals surface area (Å²) in [5.41, 5.74) is 3.39. The molecule has 1 aliphatic rings. The van der Waals surface area contributed by atoms with Gasteiger partial charge >= 0.3 is 0 Å². The SMILES string of the molecule is Cc1cccc2cc(C(=O)N3CCC[C@@H](C(=O)c4ccccn4)C3)n(C)c12. The van der Waals surface area contributed by atoms with Gasteiger partial charge in [0.2, 0.25) is 0 Å². The zero-order valence-electron chi connectivity index (χ0n) is 15.7. The molecule has 0 aliphatic carbocycles. The first-order valence-corrected chi connectivity index (χ1v) is 9.36. The minimum atomic E-state index is -0.186. The Bertz CT molecular complexity index is 1010. The maximum atomic E-state index is 13.2. The lowest BCUT2D eigenvalue weighted by atomic mass is 9.91. The number of piperidine rings is 1. The van der Waals surface area contributed by atoms with Crippen LogP contribution in [0.1, 0.15) is 39.4 Å². The predicted molar refractivity (Wildman–Crippen MR) is 105 cm³/mol. The molecule has 0 N–H and O–H groups in total. The summed E-state index contributed by atoms with van der Waals surface area (Å²) >= 11 is 0. The Hall–Kier alpha value is -2.95. The lowest BCUT2D eigenvalue weighted by Crippen LogP contribution is -2.43. The molecule has 2 aromatic heterocycles. The van der Waals surface area contributed by atoms with E-state index in [9.17, 15) is 9.59 Å². The van der Waals surface area contributed by atoms with Crippen LogP contribution < -0.4 is 0 Å². The van der Waals surface area contributed by atoms with Gasteiger partial charge in [-0.3, -0.25) is 14.6 Å². The second-order valence-electron chi connectivity index (χ2n) is 7.27. The standard InChI is InChI=1S/C22H23N3O2/c1-15-7-5-8-16-13-19(24(2)20(15)16)22(27)25-12-6-9-17(14-25)21(26)18-10-3-4-11-23-18/h3-5,7-8,10-11,13,17H,6,9,12,14H2,1-2H3/t17-/m1/s1. The van der Waals surface area contributed by atoms with Crippen LogP contribution in [-0.2, 0) is 7.05 Å². The zero-order valence-corrected chi connectivity index (χ0v) is 15.7. The smallest absolute Gasteiger partial charge is 0.270 e. The van der Waals surface area contributed by atoms with Crippen molar-refractivity contribution in [3.8, 4) is 0 Å². The lowest BCUT2D eigenvalue weighted by Gasteiger charge is -2.32. The summed E-state index contributed by atoms with van der Waals surface area (Å²) in [6.07, 6.45) is 3.27. The van der Waals surface area contributed by atoms with E-state index in [-0.39, 0.29) is 17.6 Å². The molecule has 0 bridgehead atoms. The van der Waals surface area contributed by atoms with Gasteiger partial charge in [0.1, 0.15) is 11.4 Å². The highest BCUT2D eigenvalue weighted by atomic mass is 16.2. The summed E-state index contributed by atoms with van der Waals surface area (Å²) in [5, 5.41) is 1.07. The fraction of sp³-hybridized carbons (Fsp3) is 0.318. The van der Waals surface area contributed by atoms with E-state index < -0.39 is 0 Å². The minimum Gasteiger partial charge on any atom is -0.339 e. The molecule has 1 aliphatic heterocycles. The molecule has 0 saturated carbocycles. The Labute approximate surface area is 158 Å². The largest absolute Gasteiger partial charge is 0.339 e. The van der Waals surface area contributed by atoms with Gasteiger partial charge in [-0.15, -0.1) is 0 Å². The van der Waals surface area contributed by atoms with Gasteiger partial charge < -0.3 is 9.47 Å². The third kappa shape index (κ3) is 3.14. The van der Waals surface area contributed by atoms with Crippen LogP contribution in [0.5, 0.6) is 0 Å². The quantitative estimate of drug-likeness (QED) is 0.670. The van der Waals surface area contributed by atoms with Crippen LogP contribution >= 0.6 is 0 Å². The van der Waals surface area contributed by atoms with Gasteiger partial charge in [-0.2, -0.15) is 0 Å². The number of aryl methyl sites for hydroxylation is 2. The molecule has 5 nitrogen and oxygen atoms in total. The Morgan fingerprint density at radius 3 is 2.74 bits per heavy atom. The van der Waals surface area contributed by atoms with Crippen molar-refractivity contribution in [3.63, 3.8) is 0 Å². The molecule has 5 heteroatoms. The molecule has 0 radical (unpaired) electrons. The molecular weight excluding hydrogens is 338 g/mol. The average molecular weight is 361 g/mol. The van der Waals surface area contributed by atoms with E-state index in [2.05, 4.69) is 18.0 Å². The summed E-state index contributed by atoms with van der Waals surface area (Å²) < 4.78 is 1.97. The number of hydrogen-bond acceptors (Lipinski definition) is 3. The number of hydrogen-bond donors (Lipinski definition) is 0. The number of ketones is 1. The molecule has 3 heterocycles. The van der Waals surface area contributed by atoms with Crippen LogP contribution in [0.3, 0.4) is 0 Å². The summed E-state index contributed by atoms with van der Waals surface area (Å²) in [6, 6.07) is 13.4. The van der Waals surface area contributed by atoms with Crippen LogP contribution in [0.15, 0.2) is 48.7 Å². The number of para-hydroxylation sites is 1. The van der Waals surface area contributed by atoms with E-state index in [0.29, 0.717) is 24.5 Å². The summed E-state index contributed by atoms with van der Waals surface area (Å²) in [7, 11) is 1.93. The molecule has 0 spiro atoms. The van der Waals surface area contributed by atoms with Crippen molar-refractivity contribution in [2.24, 2.45) is 13.0 Å². The van der Waals surface area contributed by atoms with Crippen molar-refractivity contribution in [1.82, 2.24) is 14.5 Å². The number of likely N-dealkylation sites (tertiary alicyclic amines) is 1. The van der Waals surface area contributed by atoms with Crippen molar-refractivity contribution in [1.29, 1.82) is 0 Å². The first-order valence-electron chi connectivity index (χ1n) is 9.36. The van der Waals surface area contributed by atoms with Crippen LogP contribution in [-0.4, -0.2) is 39.2 Å². The first-order chi connectivity index (χ1) is 13.1.